The zero-order chi connectivity index (χ0) is 20.7. The number of halogens is 1. The van der Waals surface area contributed by atoms with Gasteiger partial charge in [-0.25, -0.2) is 9.67 Å². The molecule has 0 spiro atoms. The van der Waals surface area contributed by atoms with Gasteiger partial charge >= 0.3 is 0 Å². The predicted octanol–water partition coefficient (Wildman–Crippen LogP) is 4.53. The van der Waals surface area contributed by atoms with Crippen LogP contribution < -0.4 is 9.64 Å². The molecule has 8 heteroatoms. The van der Waals surface area contributed by atoms with Crippen molar-refractivity contribution in [3.63, 3.8) is 0 Å². The van der Waals surface area contributed by atoms with Gasteiger partial charge in [-0.05, 0) is 50.1 Å². The Bertz CT molecular complexity index is 1100. The van der Waals surface area contributed by atoms with Crippen LogP contribution in [-0.4, -0.2) is 39.1 Å². The summed E-state index contributed by atoms with van der Waals surface area (Å²) < 4.78 is 7.57. The number of thioether (sulfide) groups is 1. The summed E-state index contributed by atoms with van der Waals surface area (Å²) in [5.41, 5.74) is 3.55. The maximum Gasteiger partial charge on any atom is 0.265 e. The molecule has 6 nitrogen and oxygen atoms in total. The number of rotatable bonds is 3. The van der Waals surface area contributed by atoms with Crippen LogP contribution in [0.1, 0.15) is 24.6 Å². The lowest BCUT2D eigenvalue weighted by molar-refractivity contribution is -0.120. The Morgan fingerprint density at radius 2 is 2.14 bits per heavy atom. The number of fused-ring (bicyclic) bond motifs is 2. The Labute approximate surface area is 179 Å². The monoisotopic (exact) mass is 430 g/mol. The lowest BCUT2D eigenvalue weighted by Gasteiger charge is -2.22. The number of aryl methyl sites for hydroxylation is 3. The number of anilines is 1. The number of pyridine rings is 1. The SMILES string of the molecule is Cc1cc(C)c2c(OCC(=O)N3CCC(C)Sc4ccc(Cl)cc43)nn(C)c2n1. The predicted molar refractivity (Wildman–Crippen MR) is 117 cm³/mol. The normalized spacial score (nSPS) is 16.6. The lowest BCUT2D eigenvalue weighted by Crippen LogP contribution is -2.36. The van der Waals surface area contributed by atoms with Crippen LogP contribution in [0.4, 0.5) is 5.69 Å². The maximum atomic E-state index is 13.1. The van der Waals surface area contributed by atoms with Gasteiger partial charge in [-0.3, -0.25) is 4.79 Å². The molecule has 3 heterocycles. The van der Waals surface area contributed by atoms with Gasteiger partial charge in [-0.1, -0.05) is 18.5 Å². The quantitative estimate of drug-likeness (QED) is 0.610. The van der Waals surface area contributed by atoms with E-state index in [0.717, 1.165) is 39.3 Å². The molecule has 1 atom stereocenters. The average Bonchev–Trinajstić information content (AvgIpc) is 2.87. The standard InChI is InChI=1S/C21H23ClN4O2S/c1-12-9-13(2)23-20-19(12)21(24-25(20)4)28-11-18(27)26-8-7-14(3)29-17-6-5-15(22)10-16(17)26/h5-6,9-10,14H,7-8,11H2,1-4H3. The van der Waals surface area contributed by atoms with Crippen LogP contribution in [0, 0.1) is 13.8 Å². The summed E-state index contributed by atoms with van der Waals surface area (Å²) in [6.45, 7) is 6.66. The summed E-state index contributed by atoms with van der Waals surface area (Å²) in [4.78, 5) is 20.5. The Morgan fingerprint density at radius 1 is 1.34 bits per heavy atom. The second-order valence-electron chi connectivity index (χ2n) is 7.37. The summed E-state index contributed by atoms with van der Waals surface area (Å²) in [6, 6.07) is 7.69. The van der Waals surface area contributed by atoms with Crippen LogP contribution in [0.5, 0.6) is 5.88 Å². The number of carbonyl (C=O) groups is 1. The molecule has 4 rings (SSSR count). The number of nitrogens with zero attached hydrogens (tertiary/aromatic N) is 4. The van der Waals surface area contributed by atoms with Crippen LogP contribution >= 0.6 is 23.4 Å². The van der Waals surface area contributed by atoms with E-state index in [1.807, 2.05) is 45.2 Å². The molecule has 152 valence electrons. The highest BCUT2D eigenvalue weighted by Gasteiger charge is 2.25. The van der Waals surface area contributed by atoms with E-state index >= 15 is 0 Å². The molecule has 0 N–H and O–H groups in total. The first-order chi connectivity index (χ1) is 13.8. The van der Waals surface area contributed by atoms with Gasteiger partial charge in [0.1, 0.15) is 0 Å². The largest absolute Gasteiger partial charge is 0.466 e. The molecule has 29 heavy (non-hydrogen) atoms. The molecule has 0 saturated carbocycles. The highest BCUT2D eigenvalue weighted by atomic mass is 35.5. The van der Waals surface area contributed by atoms with Crippen LogP contribution in [0.3, 0.4) is 0 Å². The first-order valence-electron chi connectivity index (χ1n) is 9.54. The zero-order valence-corrected chi connectivity index (χ0v) is 18.5. The topological polar surface area (TPSA) is 60.2 Å². The van der Waals surface area contributed by atoms with E-state index in [1.54, 1.807) is 21.3 Å². The van der Waals surface area contributed by atoms with Crippen molar-refractivity contribution in [2.75, 3.05) is 18.1 Å². The highest BCUT2D eigenvalue weighted by Crippen LogP contribution is 2.39. The molecule has 0 fully saturated rings. The minimum Gasteiger partial charge on any atom is -0.466 e. The molecule has 0 radical (unpaired) electrons. The van der Waals surface area contributed by atoms with Gasteiger partial charge in [-0.2, -0.15) is 0 Å². The van der Waals surface area contributed by atoms with E-state index in [-0.39, 0.29) is 12.5 Å². The number of benzene rings is 1. The number of aromatic nitrogens is 3. The first kappa shape index (κ1) is 20.0. The van der Waals surface area contributed by atoms with E-state index in [9.17, 15) is 4.79 Å². The van der Waals surface area contributed by atoms with Gasteiger partial charge < -0.3 is 9.64 Å². The second kappa shape index (κ2) is 7.88. The lowest BCUT2D eigenvalue weighted by atomic mass is 10.2. The van der Waals surface area contributed by atoms with Gasteiger partial charge in [0.05, 0.1) is 11.1 Å². The van der Waals surface area contributed by atoms with Crippen molar-refractivity contribution in [3.05, 3.63) is 40.5 Å². The van der Waals surface area contributed by atoms with Gasteiger partial charge in [0.15, 0.2) is 12.3 Å². The molecule has 1 aromatic carbocycles. The molecule has 1 amide bonds. The van der Waals surface area contributed by atoms with Crippen LogP contribution in [0.15, 0.2) is 29.2 Å². The Hall–Kier alpha value is -2.25. The molecule has 1 aliphatic rings. The fraction of sp³-hybridized carbons (Fsp3) is 0.381. The van der Waals surface area contributed by atoms with Crippen LogP contribution in [0.2, 0.25) is 5.02 Å². The van der Waals surface area contributed by atoms with E-state index in [0.29, 0.717) is 22.7 Å². The van der Waals surface area contributed by atoms with Crippen molar-refractivity contribution in [1.29, 1.82) is 0 Å². The van der Waals surface area contributed by atoms with E-state index in [2.05, 4.69) is 17.0 Å². The molecule has 0 saturated heterocycles. The van der Waals surface area contributed by atoms with Crippen molar-refractivity contribution in [2.24, 2.45) is 7.05 Å². The van der Waals surface area contributed by atoms with Crippen molar-refractivity contribution in [1.82, 2.24) is 14.8 Å². The maximum absolute atomic E-state index is 13.1. The molecule has 1 aliphatic heterocycles. The number of ether oxygens (including phenoxy) is 1. The molecule has 3 aromatic rings. The molecule has 2 aromatic heterocycles. The summed E-state index contributed by atoms with van der Waals surface area (Å²) in [5.74, 6) is 0.324. The molecular formula is C21H23ClN4O2S. The van der Waals surface area contributed by atoms with Crippen molar-refractivity contribution in [2.45, 2.75) is 37.3 Å². The van der Waals surface area contributed by atoms with Gasteiger partial charge in [0.2, 0.25) is 5.88 Å². The Kier molecular flexibility index (Phi) is 5.44. The van der Waals surface area contributed by atoms with E-state index in [1.165, 1.54) is 0 Å². The third-order valence-electron chi connectivity index (χ3n) is 5.02. The second-order valence-corrected chi connectivity index (χ2v) is 9.29. The third-order valence-corrected chi connectivity index (χ3v) is 6.49. The number of carbonyl (C=O) groups excluding carboxylic acids is 1. The minimum absolute atomic E-state index is 0.0928. The van der Waals surface area contributed by atoms with Crippen molar-refractivity contribution < 1.29 is 9.53 Å². The van der Waals surface area contributed by atoms with Crippen LogP contribution in [-0.2, 0) is 11.8 Å². The minimum atomic E-state index is -0.111. The molecule has 0 bridgehead atoms. The van der Waals surface area contributed by atoms with Crippen molar-refractivity contribution in [3.8, 4) is 5.88 Å². The number of hydrogen-bond donors (Lipinski definition) is 0. The van der Waals surface area contributed by atoms with Crippen molar-refractivity contribution >= 4 is 46.0 Å². The smallest absolute Gasteiger partial charge is 0.265 e. The van der Waals surface area contributed by atoms with Gasteiger partial charge in [0, 0.05) is 34.5 Å². The Morgan fingerprint density at radius 3 is 2.93 bits per heavy atom. The fourth-order valence-corrected chi connectivity index (χ4v) is 4.88. The fourth-order valence-electron chi connectivity index (χ4n) is 3.63. The molecular weight excluding hydrogens is 408 g/mol. The Balaban J connectivity index is 1.60. The summed E-state index contributed by atoms with van der Waals surface area (Å²) in [7, 11) is 1.83. The zero-order valence-electron chi connectivity index (χ0n) is 16.9. The van der Waals surface area contributed by atoms with Gasteiger partial charge in [0.25, 0.3) is 5.91 Å². The number of amides is 1. The van der Waals surface area contributed by atoms with Crippen LogP contribution in [0.25, 0.3) is 11.0 Å². The third kappa shape index (κ3) is 3.94. The van der Waals surface area contributed by atoms with E-state index < -0.39 is 0 Å². The first-order valence-corrected chi connectivity index (χ1v) is 10.8. The average molecular weight is 431 g/mol. The van der Waals surface area contributed by atoms with Gasteiger partial charge in [-0.15, -0.1) is 16.9 Å². The summed E-state index contributed by atoms with van der Waals surface area (Å²) in [5, 5.41) is 6.31. The molecule has 1 unspecified atom stereocenters. The van der Waals surface area contributed by atoms with E-state index in [4.69, 9.17) is 16.3 Å². The number of hydrogen-bond acceptors (Lipinski definition) is 5. The molecule has 0 aliphatic carbocycles. The summed E-state index contributed by atoms with van der Waals surface area (Å²) >= 11 is 7.98. The summed E-state index contributed by atoms with van der Waals surface area (Å²) in [6.07, 6.45) is 0.900. The highest BCUT2D eigenvalue weighted by molar-refractivity contribution is 8.00.